The van der Waals surface area contributed by atoms with Gasteiger partial charge in [0.2, 0.25) is 0 Å². The van der Waals surface area contributed by atoms with Gasteiger partial charge in [0.1, 0.15) is 0 Å². The van der Waals surface area contributed by atoms with Gasteiger partial charge in [0.25, 0.3) is 0 Å². The first-order chi connectivity index (χ1) is 12.2. The molecule has 2 aliphatic carbocycles. The molecule has 0 radical (unpaired) electrons. The van der Waals surface area contributed by atoms with Crippen molar-refractivity contribution in [2.45, 2.75) is 76.2 Å². The molecule has 0 amide bonds. The molecule has 4 rings (SSSR count). The quantitative estimate of drug-likeness (QED) is 0.672. The Morgan fingerprint density at radius 3 is 2.24 bits per heavy atom. The SMILES string of the molecule is CCC1CN(C2CC(OC)C2CCC2CN(C3CCC(OC)C3)C2)C1. The molecule has 2 saturated heterocycles. The van der Waals surface area contributed by atoms with E-state index in [4.69, 9.17) is 9.47 Å². The van der Waals surface area contributed by atoms with Crippen molar-refractivity contribution in [3.63, 3.8) is 0 Å². The molecule has 4 nitrogen and oxygen atoms in total. The standard InChI is InChI=1S/C21H38N2O2/c1-4-15-11-23(12-15)20-10-21(25-3)19(20)8-5-16-13-22(14-16)17-6-7-18(9-17)24-2/h15-21H,4-14H2,1-3H3. The van der Waals surface area contributed by atoms with Gasteiger partial charge in [-0.1, -0.05) is 13.3 Å². The zero-order chi connectivity index (χ0) is 17.4. The Balaban J connectivity index is 1.17. The smallest absolute Gasteiger partial charge is 0.0629 e. The maximum Gasteiger partial charge on any atom is 0.0629 e. The second-order valence-corrected chi connectivity index (χ2v) is 9.19. The maximum atomic E-state index is 5.76. The molecule has 4 fully saturated rings. The summed E-state index contributed by atoms with van der Waals surface area (Å²) < 4.78 is 11.3. The van der Waals surface area contributed by atoms with Gasteiger partial charge in [0.15, 0.2) is 0 Å². The molecule has 0 aromatic carbocycles. The number of likely N-dealkylation sites (tertiary alicyclic amines) is 2. The van der Waals surface area contributed by atoms with Crippen LogP contribution in [0.25, 0.3) is 0 Å². The molecule has 4 heteroatoms. The number of hydrogen-bond acceptors (Lipinski definition) is 4. The van der Waals surface area contributed by atoms with Crippen LogP contribution in [0.4, 0.5) is 0 Å². The molecule has 0 aromatic heterocycles. The van der Waals surface area contributed by atoms with E-state index in [1.54, 1.807) is 0 Å². The van der Waals surface area contributed by atoms with Gasteiger partial charge in [-0.2, -0.15) is 0 Å². The fourth-order valence-corrected chi connectivity index (χ4v) is 5.83. The molecule has 25 heavy (non-hydrogen) atoms. The number of hydrogen-bond donors (Lipinski definition) is 0. The number of rotatable bonds is 8. The lowest BCUT2D eigenvalue weighted by Crippen LogP contribution is -2.63. The molecule has 5 unspecified atom stereocenters. The summed E-state index contributed by atoms with van der Waals surface area (Å²) in [5.41, 5.74) is 0. The van der Waals surface area contributed by atoms with Gasteiger partial charge in [-0.3, -0.25) is 9.80 Å². The lowest BCUT2D eigenvalue weighted by atomic mass is 9.70. The number of nitrogens with zero attached hydrogens (tertiary/aromatic N) is 2. The highest BCUT2D eigenvalue weighted by molar-refractivity contribution is 5.01. The molecule has 0 bridgehead atoms. The summed E-state index contributed by atoms with van der Waals surface area (Å²) in [7, 11) is 3.78. The van der Waals surface area contributed by atoms with Gasteiger partial charge in [-0.25, -0.2) is 0 Å². The normalized spacial score (nSPS) is 40.7. The lowest BCUT2D eigenvalue weighted by Gasteiger charge is -2.55. The Kier molecular flexibility index (Phi) is 5.71. The van der Waals surface area contributed by atoms with E-state index in [2.05, 4.69) is 16.7 Å². The second kappa shape index (κ2) is 7.84. The van der Waals surface area contributed by atoms with Crippen LogP contribution < -0.4 is 0 Å². The largest absolute Gasteiger partial charge is 0.381 e. The zero-order valence-corrected chi connectivity index (χ0v) is 16.5. The molecule has 4 aliphatic rings. The van der Waals surface area contributed by atoms with Crippen LogP contribution in [0.15, 0.2) is 0 Å². The van der Waals surface area contributed by atoms with Gasteiger partial charge in [0.05, 0.1) is 12.2 Å². The van der Waals surface area contributed by atoms with Crippen LogP contribution in [0.2, 0.25) is 0 Å². The molecular weight excluding hydrogens is 312 g/mol. The zero-order valence-electron chi connectivity index (χ0n) is 16.5. The molecule has 2 aliphatic heterocycles. The fraction of sp³-hybridized carbons (Fsp3) is 1.00. The van der Waals surface area contributed by atoms with Crippen molar-refractivity contribution < 1.29 is 9.47 Å². The van der Waals surface area contributed by atoms with E-state index in [1.807, 2.05) is 14.2 Å². The van der Waals surface area contributed by atoms with Crippen molar-refractivity contribution >= 4 is 0 Å². The first kappa shape index (κ1) is 18.2. The Hall–Kier alpha value is -0.160. The van der Waals surface area contributed by atoms with E-state index >= 15 is 0 Å². The van der Waals surface area contributed by atoms with Crippen LogP contribution >= 0.6 is 0 Å². The third kappa shape index (κ3) is 3.65. The van der Waals surface area contributed by atoms with Crippen LogP contribution in [-0.4, -0.2) is 74.5 Å². The summed E-state index contributed by atoms with van der Waals surface area (Å²) >= 11 is 0. The van der Waals surface area contributed by atoms with Gasteiger partial charge >= 0.3 is 0 Å². The first-order valence-corrected chi connectivity index (χ1v) is 10.8. The summed E-state index contributed by atoms with van der Waals surface area (Å²) in [5.74, 6) is 2.69. The van der Waals surface area contributed by atoms with Crippen LogP contribution in [0.1, 0.15) is 51.9 Å². The van der Waals surface area contributed by atoms with E-state index in [0.29, 0.717) is 12.2 Å². The molecule has 144 valence electrons. The van der Waals surface area contributed by atoms with Crippen LogP contribution in [-0.2, 0) is 9.47 Å². The van der Waals surface area contributed by atoms with Crippen molar-refractivity contribution in [2.75, 3.05) is 40.4 Å². The predicted molar refractivity (Wildman–Crippen MR) is 101 cm³/mol. The van der Waals surface area contributed by atoms with E-state index in [0.717, 1.165) is 29.8 Å². The minimum absolute atomic E-state index is 0.519. The topological polar surface area (TPSA) is 24.9 Å². The summed E-state index contributed by atoms with van der Waals surface area (Å²) in [6, 6.07) is 1.62. The summed E-state index contributed by atoms with van der Waals surface area (Å²) in [6.07, 6.45) is 10.3. The van der Waals surface area contributed by atoms with Crippen molar-refractivity contribution in [1.29, 1.82) is 0 Å². The van der Waals surface area contributed by atoms with Crippen molar-refractivity contribution in [1.82, 2.24) is 9.80 Å². The number of methoxy groups -OCH3 is 2. The van der Waals surface area contributed by atoms with Crippen molar-refractivity contribution in [2.24, 2.45) is 17.8 Å². The minimum Gasteiger partial charge on any atom is -0.381 e. The summed E-state index contributed by atoms with van der Waals surface area (Å²) in [6.45, 7) is 7.68. The summed E-state index contributed by atoms with van der Waals surface area (Å²) in [5, 5.41) is 0. The Labute approximate surface area is 154 Å². The molecule has 0 N–H and O–H groups in total. The van der Waals surface area contributed by atoms with Crippen LogP contribution in [0.3, 0.4) is 0 Å². The Morgan fingerprint density at radius 2 is 1.60 bits per heavy atom. The second-order valence-electron chi connectivity index (χ2n) is 9.19. The van der Waals surface area contributed by atoms with Crippen molar-refractivity contribution in [3.8, 4) is 0 Å². The Morgan fingerprint density at radius 1 is 0.840 bits per heavy atom. The molecule has 0 spiro atoms. The van der Waals surface area contributed by atoms with E-state index in [9.17, 15) is 0 Å². The Bertz CT molecular complexity index is 434. The average Bonchev–Trinajstić information content (AvgIpc) is 2.99. The monoisotopic (exact) mass is 350 g/mol. The van der Waals surface area contributed by atoms with Gasteiger partial charge in [-0.05, 0) is 50.4 Å². The third-order valence-electron chi connectivity index (χ3n) is 7.88. The highest BCUT2D eigenvalue weighted by Gasteiger charge is 2.47. The van der Waals surface area contributed by atoms with Crippen molar-refractivity contribution in [3.05, 3.63) is 0 Å². The third-order valence-corrected chi connectivity index (χ3v) is 7.88. The molecule has 2 saturated carbocycles. The molecule has 5 atom stereocenters. The molecule has 2 heterocycles. The van der Waals surface area contributed by atoms with Gasteiger partial charge < -0.3 is 9.47 Å². The first-order valence-electron chi connectivity index (χ1n) is 10.8. The lowest BCUT2D eigenvalue weighted by molar-refractivity contribution is -0.120. The van der Waals surface area contributed by atoms with E-state index in [1.165, 1.54) is 71.1 Å². The van der Waals surface area contributed by atoms with E-state index < -0.39 is 0 Å². The maximum absolute atomic E-state index is 5.76. The molecular formula is C21H38N2O2. The molecule has 0 aromatic rings. The average molecular weight is 351 g/mol. The fourth-order valence-electron chi connectivity index (χ4n) is 5.83. The van der Waals surface area contributed by atoms with Crippen LogP contribution in [0, 0.1) is 17.8 Å². The van der Waals surface area contributed by atoms with Gasteiger partial charge in [-0.15, -0.1) is 0 Å². The number of ether oxygens (including phenoxy) is 2. The highest BCUT2D eigenvalue weighted by Crippen LogP contribution is 2.42. The highest BCUT2D eigenvalue weighted by atomic mass is 16.5. The summed E-state index contributed by atoms with van der Waals surface area (Å²) in [4.78, 5) is 5.46. The predicted octanol–water partition coefficient (Wildman–Crippen LogP) is 3.01. The van der Waals surface area contributed by atoms with Gasteiger partial charge in [0, 0.05) is 58.4 Å². The van der Waals surface area contributed by atoms with E-state index in [-0.39, 0.29) is 0 Å². The van der Waals surface area contributed by atoms with Crippen LogP contribution in [0.5, 0.6) is 0 Å². The minimum atomic E-state index is 0.519.